The quantitative estimate of drug-likeness (QED) is 0.174. The van der Waals surface area contributed by atoms with Crippen LogP contribution >= 0.6 is 0 Å². The van der Waals surface area contributed by atoms with Gasteiger partial charge in [0.05, 0.1) is 17.0 Å². The molecule has 256 valence electrons. The summed E-state index contributed by atoms with van der Waals surface area (Å²) in [5.74, 6) is 2.16. The summed E-state index contributed by atoms with van der Waals surface area (Å²) < 4.78 is 6.39. The van der Waals surface area contributed by atoms with Crippen LogP contribution in [0.15, 0.2) is 176 Å². The summed E-state index contributed by atoms with van der Waals surface area (Å²) in [6, 6.07) is 62.6. The molecular formula is C50H35N3O. The lowest BCUT2D eigenvalue weighted by molar-refractivity contribution is 0.417. The van der Waals surface area contributed by atoms with Crippen LogP contribution in [0, 0.1) is 11.3 Å². The van der Waals surface area contributed by atoms with Crippen molar-refractivity contribution in [3.8, 4) is 84.9 Å². The minimum Gasteiger partial charge on any atom is -0.457 e. The second-order valence-corrected chi connectivity index (χ2v) is 14.1. The molecule has 0 N–H and O–H groups in total. The maximum absolute atomic E-state index is 10.8. The van der Waals surface area contributed by atoms with Gasteiger partial charge in [0.2, 0.25) is 0 Å². The highest BCUT2D eigenvalue weighted by Crippen LogP contribution is 2.51. The van der Waals surface area contributed by atoms with Crippen molar-refractivity contribution in [2.24, 2.45) is 0 Å². The van der Waals surface area contributed by atoms with Crippen molar-refractivity contribution in [1.29, 1.82) is 5.26 Å². The van der Waals surface area contributed by atoms with Gasteiger partial charge in [0, 0.05) is 38.8 Å². The first-order chi connectivity index (χ1) is 26.5. The number of ether oxygens (including phenoxy) is 1. The Labute approximate surface area is 315 Å². The van der Waals surface area contributed by atoms with Crippen molar-refractivity contribution in [3.63, 3.8) is 0 Å². The number of hydrogen-bond acceptors (Lipinski definition) is 4. The van der Waals surface area contributed by atoms with E-state index < -0.39 is 5.41 Å². The van der Waals surface area contributed by atoms with Crippen molar-refractivity contribution < 1.29 is 4.74 Å². The number of nitriles is 1. The van der Waals surface area contributed by atoms with Crippen LogP contribution in [0.1, 0.15) is 30.5 Å². The van der Waals surface area contributed by atoms with Gasteiger partial charge in [-0.2, -0.15) is 5.26 Å². The Morgan fingerprint density at radius 2 is 0.981 bits per heavy atom. The number of aromatic nitrogens is 2. The molecule has 9 rings (SSSR count). The van der Waals surface area contributed by atoms with Gasteiger partial charge in [0.25, 0.3) is 0 Å². The third-order valence-corrected chi connectivity index (χ3v) is 10.4. The average Bonchev–Trinajstić information content (AvgIpc) is 3.24. The minimum atomic E-state index is -0.451. The molecule has 2 heterocycles. The van der Waals surface area contributed by atoms with Crippen LogP contribution in [0.3, 0.4) is 0 Å². The molecule has 0 fully saturated rings. The van der Waals surface area contributed by atoms with E-state index >= 15 is 0 Å². The van der Waals surface area contributed by atoms with E-state index in [-0.39, 0.29) is 0 Å². The van der Waals surface area contributed by atoms with E-state index in [4.69, 9.17) is 14.7 Å². The van der Waals surface area contributed by atoms with E-state index in [0.29, 0.717) is 17.1 Å². The van der Waals surface area contributed by atoms with Gasteiger partial charge >= 0.3 is 0 Å². The normalized spacial score (nSPS) is 12.5. The molecule has 0 bridgehead atoms. The number of hydrogen-bond donors (Lipinski definition) is 0. The van der Waals surface area contributed by atoms with Crippen LogP contribution in [0.2, 0.25) is 0 Å². The Hall–Kier alpha value is -7.09. The van der Waals surface area contributed by atoms with Gasteiger partial charge in [-0.1, -0.05) is 166 Å². The van der Waals surface area contributed by atoms with Crippen LogP contribution < -0.4 is 4.74 Å². The summed E-state index contributed by atoms with van der Waals surface area (Å²) in [7, 11) is 0. The van der Waals surface area contributed by atoms with Crippen molar-refractivity contribution in [2.45, 2.75) is 19.3 Å². The molecule has 0 radical (unpaired) electrons. The summed E-state index contributed by atoms with van der Waals surface area (Å²) in [6.07, 6.45) is 0. The van der Waals surface area contributed by atoms with Crippen LogP contribution in [-0.2, 0) is 5.41 Å². The van der Waals surface area contributed by atoms with Crippen LogP contribution in [0.5, 0.6) is 11.5 Å². The lowest BCUT2D eigenvalue weighted by Crippen LogP contribution is -2.26. The van der Waals surface area contributed by atoms with Gasteiger partial charge in [0.15, 0.2) is 5.82 Å². The Morgan fingerprint density at radius 1 is 0.463 bits per heavy atom. The van der Waals surface area contributed by atoms with Crippen molar-refractivity contribution >= 4 is 0 Å². The van der Waals surface area contributed by atoms with E-state index in [1.165, 1.54) is 0 Å². The molecule has 1 aromatic heterocycles. The first kappa shape index (κ1) is 32.8. The molecule has 54 heavy (non-hydrogen) atoms. The zero-order chi connectivity index (χ0) is 36.6. The van der Waals surface area contributed by atoms with Crippen molar-refractivity contribution in [2.75, 3.05) is 0 Å². The topological polar surface area (TPSA) is 58.8 Å². The third-order valence-electron chi connectivity index (χ3n) is 10.4. The largest absolute Gasteiger partial charge is 0.457 e. The van der Waals surface area contributed by atoms with Crippen LogP contribution in [0.25, 0.3) is 67.3 Å². The van der Waals surface area contributed by atoms with Gasteiger partial charge in [-0.25, -0.2) is 9.97 Å². The average molecular weight is 694 g/mol. The van der Waals surface area contributed by atoms with Crippen LogP contribution in [0.4, 0.5) is 0 Å². The molecule has 4 heteroatoms. The SMILES string of the molecule is CC1(C)c2ccccc2Oc2ccc(-c3ccccc3-c3cc(-c4ccc(-c5ccccc5)cc4)nc(-c4ccc(-c5ccccc5)cc4)n3)c(C#N)c21. The minimum absolute atomic E-state index is 0.451. The zero-order valence-corrected chi connectivity index (χ0v) is 30.0. The first-order valence-electron chi connectivity index (χ1n) is 18.1. The zero-order valence-electron chi connectivity index (χ0n) is 30.0. The van der Waals surface area contributed by atoms with Crippen LogP contribution in [-0.4, -0.2) is 9.97 Å². The van der Waals surface area contributed by atoms with E-state index in [9.17, 15) is 5.26 Å². The highest BCUT2D eigenvalue weighted by Gasteiger charge is 2.37. The fourth-order valence-electron chi connectivity index (χ4n) is 7.66. The molecule has 0 saturated heterocycles. The maximum Gasteiger partial charge on any atom is 0.160 e. The molecule has 0 aliphatic carbocycles. The first-order valence-corrected chi connectivity index (χ1v) is 18.1. The fourth-order valence-corrected chi connectivity index (χ4v) is 7.66. The van der Waals surface area contributed by atoms with Gasteiger partial charge in [-0.05, 0) is 52.1 Å². The summed E-state index contributed by atoms with van der Waals surface area (Å²) in [5.41, 5.74) is 12.8. The predicted octanol–water partition coefficient (Wildman–Crippen LogP) is 12.8. The molecule has 1 aliphatic rings. The van der Waals surface area contributed by atoms with Gasteiger partial charge in [-0.15, -0.1) is 0 Å². The van der Waals surface area contributed by atoms with Crippen molar-refractivity contribution in [1.82, 2.24) is 9.97 Å². The number of nitrogens with zero attached hydrogens (tertiary/aromatic N) is 3. The molecule has 0 spiro atoms. The molecule has 0 amide bonds. The van der Waals surface area contributed by atoms with E-state index in [1.807, 2.05) is 54.6 Å². The molecule has 1 aliphatic heterocycles. The lowest BCUT2D eigenvalue weighted by atomic mass is 9.72. The molecule has 0 atom stereocenters. The van der Waals surface area contributed by atoms with Crippen molar-refractivity contribution in [3.05, 3.63) is 193 Å². The van der Waals surface area contributed by atoms with Gasteiger partial charge in [-0.3, -0.25) is 0 Å². The second-order valence-electron chi connectivity index (χ2n) is 14.1. The molecule has 4 nitrogen and oxygen atoms in total. The standard InChI is InChI=1S/C50H35N3O/c1-50(2)43-19-11-12-20-46(43)54-47-30-29-40(42(32-51)48(47)50)39-17-9-10-18-41(39)45-31-44(37-25-21-35(22-26-37)33-13-5-3-6-14-33)52-49(53-45)38-27-23-36(24-28-38)34-15-7-4-8-16-34/h3-31H,1-2H3. The number of rotatable bonds is 6. The lowest BCUT2D eigenvalue weighted by Gasteiger charge is -2.35. The third kappa shape index (κ3) is 5.83. The smallest absolute Gasteiger partial charge is 0.160 e. The monoisotopic (exact) mass is 693 g/mol. The maximum atomic E-state index is 10.8. The number of para-hydroxylation sites is 1. The summed E-state index contributed by atoms with van der Waals surface area (Å²) >= 11 is 0. The van der Waals surface area contributed by atoms with E-state index in [1.54, 1.807) is 0 Å². The predicted molar refractivity (Wildman–Crippen MR) is 218 cm³/mol. The highest BCUT2D eigenvalue weighted by atomic mass is 16.5. The molecular weight excluding hydrogens is 659 g/mol. The molecule has 7 aromatic carbocycles. The summed E-state index contributed by atoms with van der Waals surface area (Å²) in [4.78, 5) is 10.4. The second kappa shape index (κ2) is 13.5. The highest BCUT2D eigenvalue weighted by molar-refractivity contribution is 5.88. The fraction of sp³-hybridized carbons (Fsp3) is 0.0600. The summed E-state index contributed by atoms with van der Waals surface area (Å²) in [5, 5.41) is 10.8. The Kier molecular flexibility index (Phi) is 8.18. The summed E-state index contributed by atoms with van der Waals surface area (Å²) in [6.45, 7) is 4.33. The van der Waals surface area contributed by atoms with Gasteiger partial charge in [0.1, 0.15) is 17.6 Å². The Balaban J connectivity index is 1.20. The number of fused-ring (bicyclic) bond motifs is 2. The van der Waals surface area contributed by atoms with E-state index in [2.05, 4.69) is 141 Å². The molecule has 0 unspecified atom stereocenters. The van der Waals surface area contributed by atoms with E-state index in [0.717, 1.165) is 78.3 Å². The Bertz CT molecular complexity index is 2590. The number of benzene rings is 7. The molecule has 0 saturated carbocycles. The van der Waals surface area contributed by atoms with Gasteiger partial charge < -0.3 is 4.74 Å². The Morgan fingerprint density at radius 3 is 1.63 bits per heavy atom. The molecule has 8 aromatic rings.